The standard InChI is InChI=1S/C52H50N4/c1-49(2)51(5,6)55(39-19-11-9-12-20-39)47(53-49)37-31-27-35(28-32-37)45-41-23-15-17-25-43(41)46(44-26-18-16-24-42(44)45)36-29-33-38(34-30-36)48-54-50(3,4)52(7,8)56(48)40-21-13-10-14-22-40/h9-34H,1-8H3. The molecule has 4 nitrogen and oxygen atoms in total. The fraction of sp³-hybridized carbons (Fsp3) is 0.231. The zero-order valence-electron chi connectivity index (χ0n) is 33.8. The van der Waals surface area contributed by atoms with Crippen LogP contribution in [-0.4, -0.2) is 33.8 Å². The molecule has 7 aromatic carbocycles. The maximum atomic E-state index is 5.35. The van der Waals surface area contributed by atoms with E-state index < -0.39 is 0 Å². The van der Waals surface area contributed by atoms with Crippen molar-refractivity contribution in [1.29, 1.82) is 0 Å². The van der Waals surface area contributed by atoms with Gasteiger partial charge in [0, 0.05) is 22.5 Å². The third-order valence-corrected chi connectivity index (χ3v) is 13.1. The van der Waals surface area contributed by atoms with E-state index in [-0.39, 0.29) is 22.2 Å². The Kier molecular flexibility index (Phi) is 8.14. The van der Waals surface area contributed by atoms with Gasteiger partial charge in [-0.05, 0) is 123 Å². The summed E-state index contributed by atoms with van der Waals surface area (Å²) in [6, 6.07) is 57.2. The Hall–Kier alpha value is -6.00. The number of fused-ring (bicyclic) bond motifs is 2. The average Bonchev–Trinajstić information content (AvgIpc) is 3.52. The van der Waals surface area contributed by atoms with Gasteiger partial charge < -0.3 is 9.80 Å². The van der Waals surface area contributed by atoms with Crippen molar-refractivity contribution in [2.24, 2.45) is 9.98 Å². The molecule has 0 amide bonds. The molecule has 7 aromatic rings. The van der Waals surface area contributed by atoms with Crippen LogP contribution in [0.3, 0.4) is 0 Å². The van der Waals surface area contributed by atoms with Crippen molar-refractivity contribution in [2.45, 2.75) is 77.5 Å². The number of nitrogens with zero attached hydrogens (tertiary/aromatic N) is 4. The van der Waals surface area contributed by atoms with Crippen LogP contribution in [0.15, 0.2) is 168 Å². The quantitative estimate of drug-likeness (QED) is 0.160. The van der Waals surface area contributed by atoms with E-state index in [1.54, 1.807) is 0 Å². The first-order valence-corrected chi connectivity index (χ1v) is 19.9. The Balaban J connectivity index is 1.14. The maximum absolute atomic E-state index is 5.35. The Morgan fingerprint density at radius 1 is 0.321 bits per heavy atom. The topological polar surface area (TPSA) is 31.2 Å². The average molecular weight is 731 g/mol. The monoisotopic (exact) mass is 730 g/mol. The molecule has 2 aliphatic heterocycles. The van der Waals surface area contributed by atoms with Gasteiger partial charge in [0.2, 0.25) is 0 Å². The molecule has 4 heteroatoms. The van der Waals surface area contributed by atoms with Crippen LogP contribution in [0.1, 0.15) is 66.5 Å². The molecule has 0 spiro atoms. The van der Waals surface area contributed by atoms with Crippen LogP contribution in [0.5, 0.6) is 0 Å². The van der Waals surface area contributed by atoms with E-state index in [9.17, 15) is 0 Å². The zero-order chi connectivity index (χ0) is 39.0. The van der Waals surface area contributed by atoms with Crippen LogP contribution < -0.4 is 9.80 Å². The van der Waals surface area contributed by atoms with Crippen LogP contribution in [0.25, 0.3) is 43.8 Å². The first-order valence-electron chi connectivity index (χ1n) is 19.9. The second-order valence-corrected chi connectivity index (χ2v) is 17.4. The van der Waals surface area contributed by atoms with Crippen molar-refractivity contribution < 1.29 is 0 Å². The predicted octanol–water partition coefficient (Wildman–Crippen LogP) is 13.0. The molecule has 278 valence electrons. The number of rotatable bonds is 6. The first-order chi connectivity index (χ1) is 26.8. The van der Waals surface area contributed by atoms with Gasteiger partial charge in [-0.15, -0.1) is 0 Å². The zero-order valence-corrected chi connectivity index (χ0v) is 33.8. The van der Waals surface area contributed by atoms with E-state index in [0.29, 0.717) is 0 Å². The van der Waals surface area contributed by atoms with Gasteiger partial charge in [0.25, 0.3) is 0 Å². The molecule has 9 rings (SSSR count). The highest BCUT2D eigenvalue weighted by Crippen LogP contribution is 2.46. The number of aliphatic imine (C=N–C) groups is 2. The summed E-state index contributed by atoms with van der Waals surface area (Å²) in [5, 5.41) is 4.96. The number of hydrogen-bond acceptors (Lipinski definition) is 4. The molecular formula is C52H50N4. The predicted molar refractivity (Wildman–Crippen MR) is 240 cm³/mol. The molecule has 0 saturated carbocycles. The fourth-order valence-corrected chi connectivity index (χ4v) is 8.73. The molecule has 2 heterocycles. The molecule has 0 unspecified atom stereocenters. The lowest BCUT2D eigenvalue weighted by Gasteiger charge is -2.41. The van der Waals surface area contributed by atoms with Gasteiger partial charge in [0.15, 0.2) is 0 Å². The van der Waals surface area contributed by atoms with Gasteiger partial charge in [-0.2, -0.15) is 0 Å². The van der Waals surface area contributed by atoms with Gasteiger partial charge in [-0.1, -0.05) is 133 Å². The summed E-state index contributed by atoms with van der Waals surface area (Å²) >= 11 is 0. The largest absolute Gasteiger partial charge is 0.318 e. The summed E-state index contributed by atoms with van der Waals surface area (Å²) in [5.74, 6) is 2.02. The minimum atomic E-state index is -0.268. The Labute approximate surface area is 331 Å². The molecule has 0 saturated heterocycles. The lowest BCUT2D eigenvalue weighted by atomic mass is 9.83. The van der Waals surface area contributed by atoms with Crippen molar-refractivity contribution in [3.8, 4) is 22.3 Å². The van der Waals surface area contributed by atoms with Crippen LogP contribution in [0.2, 0.25) is 0 Å². The molecule has 0 aliphatic carbocycles. The summed E-state index contributed by atoms with van der Waals surface area (Å²) in [7, 11) is 0. The summed E-state index contributed by atoms with van der Waals surface area (Å²) in [6.45, 7) is 18.1. The van der Waals surface area contributed by atoms with Crippen LogP contribution in [0.4, 0.5) is 11.4 Å². The summed E-state index contributed by atoms with van der Waals surface area (Å²) < 4.78 is 0. The molecule has 56 heavy (non-hydrogen) atoms. The van der Waals surface area contributed by atoms with Crippen LogP contribution in [-0.2, 0) is 0 Å². The van der Waals surface area contributed by atoms with E-state index in [0.717, 1.165) is 34.2 Å². The number of hydrogen-bond donors (Lipinski definition) is 0. The molecule has 0 bridgehead atoms. The summed E-state index contributed by atoms with van der Waals surface area (Å²) in [6.07, 6.45) is 0. The van der Waals surface area contributed by atoms with Gasteiger partial charge >= 0.3 is 0 Å². The fourth-order valence-electron chi connectivity index (χ4n) is 8.73. The van der Waals surface area contributed by atoms with Crippen LogP contribution >= 0.6 is 0 Å². The number of anilines is 2. The SMILES string of the molecule is CC1(C)N=C(c2ccc(-c3c4ccccc4c(-c4ccc(C5=NC(C)(C)C(C)(C)N5c5ccccc5)cc4)c4ccccc34)cc2)N(c2ccccc2)C1(C)C. The van der Waals surface area contributed by atoms with Crippen molar-refractivity contribution in [3.63, 3.8) is 0 Å². The molecular weight excluding hydrogens is 681 g/mol. The normalized spacial score (nSPS) is 18.0. The van der Waals surface area contributed by atoms with Crippen LogP contribution in [0, 0.1) is 0 Å². The highest BCUT2D eigenvalue weighted by atomic mass is 15.3. The number of para-hydroxylation sites is 2. The van der Waals surface area contributed by atoms with Gasteiger partial charge in [0.1, 0.15) is 11.7 Å². The first kappa shape index (κ1) is 35.7. The smallest absolute Gasteiger partial charge is 0.136 e. The summed E-state index contributed by atoms with van der Waals surface area (Å²) in [5.41, 5.74) is 8.48. The molecule has 0 radical (unpaired) electrons. The van der Waals surface area contributed by atoms with Gasteiger partial charge in [-0.3, -0.25) is 9.98 Å². The van der Waals surface area contributed by atoms with Gasteiger partial charge in [-0.25, -0.2) is 0 Å². The maximum Gasteiger partial charge on any atom is 0.136 e. The van der Waals surface area contributed by atoms with Gasteiger partial charge in [0.05, 0.1) is 22.2 Å². The van der Waals surface area contributed by atoms with E-state index in [4.69, 9.17) is 9.98 Å². The molecule has 0 aromatic heterocycles. The lowest BCUT2D eigenvalue weighted by Crippen LogP contribution is -2.53. The minimum absolute atomic E-state index is 0.207. The number of benzene rings is 7. The number of amidine groups is 2. The van der Waals surface area contributed by atoms with E-state index >= 15 is 0 Å². The lowest BCUT2D eigenvalue weighted by molar-refractivity contribution is 0.338. The van der Waals surface area contributed by atoms with Crippen molar-refractivity contribution in [1.82, 2.24) is 0 Å². The Morgan fingerprint density at radius 2 is 0.589 bits per heavy atom. The highest BCUT2D eigenvalue weighted by Gasteiger charge is 2.50. The van der Waals surface area contributed by atoms with Crippen molar-refractivity contribution in [2.75, 3.05) is 9.80 Å². The Bertz CT molecular complexity index is 2420. The van der Waals surface area contributed by atoms with E-state index in [2.05, 4.69) is 223 Å². The Morgan fingerprint density at radius 3 is 0.893 bits per heavy atom. The van der Waals surface area contributed by atoms with E-state index in [1.807, 2.05) is 0 Å². The third kappa shape index (κ3) is 5.41. The van der Waals surface area contributed by atoms with Crippen molar-refractivity contribution >= 4 is 44.6 Å². The second kappa shape index (κ2) is 12.8. The second-order valence-electron chi connectivity index (χ2n) is 17.4. The molecule has 2 aliphatic rings. The van der Waals surface area contributed by atoms with Crippen molar-refractivity contribution in [3.05, 3.63) is 169 Å². The molecule has 0 fully saturated rings. The molecule has 0 atom stereocenters. The summed E-state index contributed by atoms with van der Waals surface area (Å²) in [4.78, 5) is 15.5. The minimum Gasteiger partial charge on any atom is -0.318 e. The highest BCUT2D eigenvalue weighted by molar-refractivity contribution is 6.22. The van der Waals surface area contributed by atoms with E-state index in [1.165, 1.54) is 43.8 Å². The molecule has 0 N–H and O–H groups in total. The third-order valence-electron chi connectivity index (χ3n) is 13.1.